The van der Waals surface area contributed by atoms with Crippen LogP contribution in [-0.2, 0) is 63.4 Å². The average molecular weight is 633 g/mol. The number of ketones is 2. The zero-order valence-electron chi connectivity index (χ0n) is 16.6. The van der Waals surface area contributed by atoms with Crippen LogP contribution in [-0.4, -0.2) is 50.0 Å². The first kappa shape index (κ1) is 29.5. The number of rotatable bonds is 9. The molecule has 0 aliphatic rings. The van der Waals surface area contributed by atoms with Gasteiger partial charge < -0.3 is 27.1 Å². The van der Waals surface area contributed by atoms with Gasteiger partial charge in [0, 0.05) is 59.5 Å². The van der Waals surface area contributed by atoms with Gasteiger partial charge in [0.25, 0.3) is 0 Å². The van der Waals surface area contributed by atoms with E-state index in [9.17, 15) is 19.2 Å². The van der Waals surface area contributed by atoms with Crippen molar-refractivity contribution >= 4 is 23.8 Å². The number of methoxy groups -OCH3 is 1. The SMILES string of the molecule is [CH2-][C@@H](C=O)NC(=O)c1cc(OC)[c-]c(C)c1C(=O)C(=O)[C@@H](NC)C(C)C.[W].[Y]. The third-order valence-corrected chi connectivity index (χ3v) is 3.89. The summed E-state index contributed by atoms with van der Waals surface area (Å²) in [5.41, 5.74) is 0.177. The van der Waals surface area contributed by atoms with Gasteiger partial charge >= 0.3 is 0 Å². The first-order valence-electron chi connectivity index (χ1n) is 8.13. The third-order valence-electron chi connectivity index (χ3n) is 3.89. The molecule has 1 radical (unpaired) electrons. The molecule has 0 saturated heterocycles. The number of hydrogen-bond acceptors (Lipinski definition) is 6. The van der Waals surface area contributed by atoms with Gasteiger partial charge in [-0.15, -0.1) is 17.7 Å². The molecular weight excluding hydrogens is 609 g/mol. The number of likely N-dealkylation sites (N-methyl/N-ethyl adjacent to an activating group) is 1. The Labute approximate surface area is 205 Å². The number of ether oxygens (including phenoxy) is 1. The minimum Gasteiger partial charge on any atom is -0.523 e. The zero-order valence-corrected chi connectivity index (χ0v) is 22.4. The Bertz CT molecular complexity index is 725. The van der Waals surface area contributed by atoms with Gasteiger partial charge in [0.1, 0.15) is 6.29 Å². The quantitative estimate of drug-likeness (QED) is 0.182. The van der Waals surface area contributed by atoms with Gasteiger partial charge in [-0.1, -0.05) is 31.9 Å². The maximum atomic E-state index is 12.8. The maximum Gasteiger partial charge on any atom is 0.225 e. The van der Waals surface area contributed by atoms with Gasteiger partial charge in [0.2, 0.25) is 11.7 Å². The number of benzene rings is 1. The Kier molecular flexibility index (Phi) is 14.2. The van der Waals surface area contributed by atoms with Crippen molar-refractivity contribution in [2.45, 2.75) is 32.9 Å². The summed E-state index contributed by atoms with van der Waals surface area (Å²) in [6.07, 6.45) is 0.458. The summed E-state index contributed by atoms with van der Waals surface area (Å²) in [5.74, 6) is -2.03. The van der Waals surface area contributed by atoms with Crippen molar-refractivity contribution in [1.82, 2.24) is 10.6 Å². The van der Waals surface area contributed by atoms with Crippen LogP contribution >= 0.6 is 0 Å². The largest absolute Gasteiger partial charge is 0.523 e. The molecule has 2 atom stereocenters. The second-order valence-electron chi connectivity index (χ2n) is 6.17. The predicted octanol–water partition coefficient (Wildman–Crippen LogP) is 0.926. The fourth-order valence-electron chi connectivity index (χ4n) is 2.58. The van der Waals surface area contributed by atoms with Crippen LogP contribution in [0.15, 0.2) is 6.07 Å². The van der Waals surface area contributed by atoms with Crippen molar-refractivity contribution in [3.63, 3.8) is 0 Å². The normalized spacial score (nSPS) is 12.1. The molecule has 0 aliphatic carbocycles. The van der Waals surface area contributed by atoms with Crippen LogP contribution in [0, 0.1) is 25.8 Å². The van der Waals surface area contributed by atoms with Crippen LogP contribution in [0.25, 0.3) is 0 Å². The number of amides is 1. The van der Waals surface area contributed by atoms with Crippen LogP contribution in [0.3, 0.4) is 0 Å². The standard InChI is InChI=1S/C19H24N2O5.W.Y/c1-10(2)16(20-5)18(24)17(23)15-11(3)7-13(26-6)8-14(15)19(25)21-12(4)9-22;;/h8-10,12,16,20H,4H2,1-3,5-6H3,(H,21,25);;/q-2;;/t12-,16-;;/m0../s1. The number of nitrogens with one attached hydrogen (secondary N) is 2. The van der Waals surface area contributed by atoms with Crippen LogP contribution in [0.1, 0.15) is 40.1 Å². The Morgan fingerprint density at radius 3 is 2.29 bits per heavy atom. The number of hydrogen-bond donors (Lipinski definition) is 2. The minimum atomic E-state index is -0.989. The van der Waals surface area contributed by atoms with Crippen LogP contribution in [0.5, 0.6) is 5.75 Å². The van der Waals surface area contributed by atoms with Crippen molar-refractivity contribution in [1.29, 1.82) is 0 Å². The number of carbonyl (C=O) groups excluding carboxylic acids is 4. The predicted molar refractivity (Wildman–Crippen MR) is 96.3 cm³/mol. The van der Waals surface area contributed by atoms with E-state index in [2.05, 4.69) is 23.6 Å². The van der Waals surface area contributed by atoms with Crippen LogP contribution < -0.4 is 15.4 Å². The van der Waals surface area contributed by atoms with Gasteiger partial charge in [-0.3, -0.25) is 14.4 Å². The molecule has 0 aliphatic heterocycles. The summed E-state index contributed by atoms with van der Waals surface area (Å²) in [7, 11) is 2.99. The van der Waals surface area contributed by atoms with Crippen molar-refractivity contribution in [2.24, 2.45) is 5.92 Å². The second kappa shape index (κ2) is 13.5. The maximum absolute atomic E-state index is 12.8. The minimum absolute atomic E-state index is 0. The smallest absolute Gasteiger partial charge is 0.225 e. The van der Waals surface area contributed by atoms with E-state index >= 15 is 0 Å². The first-order valence-corrected chi connectivity index (χ1v) is 8.13. The molecule has 151 valence electrons. The van der Waals surface area contributed by atoms with E-state index in [1.54, 1.807) is 14.0 Å². The summed E-state index contributed by atoms with van der Waals surface area (Å²) in [6.45, 7) is 8.64. The molecule has 9 heteroatoms. The molecular formula is C19H24N2O5WY-2. The summed E-state index contributed by atoms with van der Waals surface area (Å²) in [6, 6.07) is 2.47. The van der Waals surface area contributed by atoms with Gasteiger partial charge in [-0.25, -0.2) is 0 Å². The van der Waals surface area contributed by atoms with Crippen molar-refractivity contribution in [3.8, 4) is 5.75 Å². The van der Waals surface area contributed by atoms with E-state index in [0.29, 0.717) is 11.8 Å². The number of Topliss-reactive ketones (excluding diaryl/α,β-unsaturated/α-hetero) is 2. The van der Waals surface area contributed by atoms with Crippen LogP contribution in [0.2, 0.25) is 0 Å². The molecule has 2 N–H and O–H groups in total. The van der Waals surface area contributed by atoms with Crippen molar-refractivity contribution in [3.05, 3.63) is 35.7 Å². The molecule has 0 fully saturated rings. The van der Waals surface area contributed by atoms with Gasteiger partial charge in [-0.05, 0) is 19.0 Å². The van der Waals surface area contributed by atoms with E-state index in [1.807, 2.05) is 13.8 Å². The number of aryl methyl sites for hydroxylation is 1. The summed E-state index contributed by atoms with van der Waals surface area (Å²) < 4.78 is 5.09. The second-order valence-corrected chi connectivity index (χ2v) is 6.17. The first-order chi connectivity index (χ1) is 12.2. The molecule has 0 bridgehead atoms. The fraction of sp³-hybridized carbons (Fsp3) is 0.421. The van der Waals surface area contributed by atoms with E-state index in [1.165, 1.54) is 13.2 Å². The molecule has 7 nitrogen and oxygen atoms in total. The molecule has 0 saturated carbocycles. The zero-order chi connectivity index (χ0) is 20.0. The number of aldehydes is 1. The van der Waals surface area contributed by atoms with E-state index < -0.39 is 29.6 Å². The average Bonchev–Trinajstić information content (AvgIpc) is 2.60. The van der Waals surface area contributed by atoms with Crippen molar-refractivity contribution in [2.75, 3.05) is 14.2 Å². The van der Waals surface area contributed by atoms with Crippen molar-refractivity contribution < 1.29 is 77.7 Å². The molecule has 0 unspecified atom stereocenters. The molecule has 1 aromatic rings. The van der Waals surface area contributed by atoms with Gasteiger partial charge in [-0.2, -0.15) is 0 Å². The number of carbonyl (C=O) groups is 4. The van der Waals surface area contributed by atoms with Gasteiger partial charge in [0.15, 0.2) is 5.78 Å². The Balaban J connectivity index is 0. The molecule has 0 spiro atoms. The monoisotopic (exact) mass is 633 g/mol. The molecule has 1 rings (SSSR count). The Morgan fingerprint density at radius 2 is 1.86 bits per heavy atom. The van der Waals surface area contributed by atoms with E-state index in [0.717, 1.165) is 0 Å². The molecule has 0 heterocycles. The Hall–Kier alpha value is -0.748. The summed E-state index contributed by atoms with van der Waals surface area (Å²) >= 11 is 0. The fourth-order valence-corrected chi connectivity index (χ4v) is 2.58. The molecule has 28 heavy (non-hydrogen) atoms. The molecule has 1 amide bonds. The van der Waals surface area contributed by atoms with E-state index in [4.69, 9.17) is 4.74 Å². The van der Waals surface area contributed by atoms with Gasteiger partial charge in [0.05, 0.1) is 13.2 Å². The third kappa shape index (κ3) is 7.25. The summed E-state index contributed by atoms with van der Waals surface area (Å²) in [5, 5.41) is 5.18. The Morgan fingerprint density at radius 1 is 1.29 bits per heavy atom. The molecule has 1 aromatic carbocycles. The topological polar surface area (TPSA) is 102 Å². The van der Waals surface area contributed by atoms with Crippen LogP contribution in [0.4, 0.5) is 0 Å². The van der Waals surface area contributed by atoms with E-state index in [-0.39, 0.29) is 76.6 Å². The molecule has 0 aromatic heterocycles. The summed E-state index contributed by atoms with van der Waals surface area (Å²) in [4.78, 5) is 48.7.